The van der Waals surface area contributed by atoms with Crippen LogP contribution in [0.4, 0.5) is 0 Å². The van der Waals surface area contributed by atoms with E-state index in [1.165, 1.54) is 56.4 Å². The van der Waals surface area contributed by atoms with Crippen LogP contribution >= 0.6 is 0 Å². The predicted molar refractivity (Wildman–Crippen MR) is 99.1 cm³/mol. The van der Waals surface area contributed by atoms with E-state index in [0.29, 0.717) is 12.4 Å². The molecule has 0 amide bonds. The molecule has 134 valence electrons. The summed E-state index contributed by atoms with van der Waals surface area (Å²) < 4.78 is 5.65. The number of pyridine rings is 1. The molecule has 1 N–H and O–H groups in total. The maximum atomic E-state index is 10.8. The second-order valence-electron chi connectivity index (χ2n) is 6.31. The van der Waals surface area contributed by atoms with Crippen molar-refractivity contribution >= 4 is 5.97 Å². The van der Waals surface area contributed by atoms with Gasteiger partial charge in [-0.25, -0.2) is 9.78 Å². The molecule has 0 aliphatic heterocycles. The van der Waals surface area contributed by atoms with Crippen LogP contribution in [0.25, 0.3) is 0 Å². The van der Waals surface area contributed by atoms with Gasteiger partial charge in [0, 0.05) is 0 Å². The number of ether oxygens (including phenoxy) is 1. The van der Waals surface area contributed by atoms with Gasteiger partial charge in [-0.1, -0.05) is 63.3 Å². The lowest BCUT2D eigenvalue weighted by atomic mass is 10.0. The van der Waals surface area contributed by atoms with Crippen molar-refractivity contribution in [3.8, 4) is 5.75 Å². The van der Waals surface area contributed by atoms with Crippen LogP contribution in [0.15, 0.2) is 42.6 Å². The Morgan fingerprint density at radius 2 is 1.64 bits per heavy atom. The molecule has 0 bridgehead atoms. The van der Waals surface area contributed by atoms with Crippen LogP contribution in [-0.4, -0.2) is 16.1 Å². The summed E-state index contributed by atoms with van der Waals surface area (Å²) in [5, 5.41) is 8.82. The van der Waals surface area contributed by atoms with E-state index in [2.05, 4.69) is 36.2 Å². The molecular weight excluding hydrogens is 314 g/mol. The molecule has 0 aliphatic carbocycles. The Labute approximate surface area is 149 Å². The third-order valence-corrected chi connectivity index (χ3v) is 4.20. The summed E-state index contributed by atoms with van der Waals surface area (Å²) in [6.45, 7) is 2.69. The Morgan fingerprint density at radius 3 is 2.28 bits per heavy atom. The molecule has 0 saturated carbocycles. The van der Waals surface area contributed by atoms with Crippen LogP contribution in [0.1, 0.15) is 67.1 Å². The third kappa shape index (κ3) is 6.96. The Bertz CT molecular complexity index is 635. The topological polar surface area (TPSA) is 59.4 Å². The number of hydrogen-bond acceptors (Lipinski definition) is 3. The van der Waals surface area contributed by atoms with Gasteiger partial charge in [-0.2, -0.15) is 0 Å². The molecule has 1 heterocycles. The molecule has 4 heteroatoms. The quantitative estimate of drug-likeness (QED) is 0.566. The zero-order valence-electron chi connectivity index (χ0n) is 14.9. The van der Waals surface area contributed by atoms with Gasteiger partial charge in [-0.3, -0.25) is 0 Å². The van der Waals surface area contributed by atoms with E-state index < -0.39 is 5.97 Å². The molecule has 2 rings (SSSR count). The van der Waals surface area contributed by atoms with E-state index >= 15 is 0 Å². The van der Waals surface area contributed by atoms with Gasteiger partial charge in [0.15, 0.2) is 0 Å². The lowest BCUT2D eigenvalue weighted by molar-refractivity contribution is 0.0690. The van der Waals surface area contributed by atoms with E-state index in [1.54, 1.807) is 6.07 Å². The predicted octanol–water partition coefficient (Wildman–Crippen LogP) is 5.26. The molecule has 0 aliphatic rings. The first-order chi connectivity index (χ1) is 12.2. The lowest BCUT2D eigenvalue weighted by Gasteiger charge is -2.07. The molecule has 0 saturated heterocycles. The number of aromatic carboxylic acids is 1. The van der Waals surface area contributed by atoms with Crippen molar-refractivity contribution in [3.05, 3.63) is 59.4 Å². The summed E-state index contributed by atoms with van der Waals surface area (Å²) in [5.41, 5.74) is 2.48. The van der Waals surface area contributed by atoms with Crippen molar-refractivity contribution in [1.82, 2.24) is 4.98 Å². The summed E-state index contributed by atoms with van der Waals surface area (Å²) in [6, 6.07) is 11.6. The van der Waals surface area contributed by atoms with E-state index in [-0.39, 0.29) is 5.69 Å². The first kappa shape index (κ1) is 19.0. The van der Waals surface area contributed by atoms with E-state index in [4.69, 9.17) is 9.84 Å². The fourth-order valence-electron chi connectivity index (χ4n) is 2.67. The van der Waals surface area contributed by atoms with E-state index in [1.807, 2.05) is 0 Å². The highest BCUT2D eigenvalue weighted by Crippen LogP contribution is 2.14. The molecule has 0 radical (unpaired) electrons. The highest BCUT2D eigenvalue weighted by Gasteiger charge is 2.04. The molecule has 1 aromatic carbocycles. The van der Waals surface area contributed by atoms with E-state index in [0.717, 1.165) is 12.0 Å². The maximum Gasteiger partial charge on any atom is 0.354 e. The molecule has 25 heavy (non-hydrogen) atoms. The van der Waals surface area contributed by atoms with Crippen LogP contribution in [0.2, 0.25) is 0 Å². The number of unbranched alkanes of at least 4 members (excludes halogenated alkanes) is 5. The maximum absolute atomic E-state index is 10.8. The Balaban J connectivity index is 1.71. The molecule has 0 fully saturated rings. The van der Waals surface area contributed by atoms with Crippen molar-refractivity contribution in [3.63, 3.8) is 0 Å². The Kier molecular flexibility index (Phi) is 7.96. The van der Waals surface area contributed by atoms with Crippen molar-refractivity contribution in [2.24, 2.45) is 0 Å². The molecule has 4 nitrogen and oxygen atoms in total. The van der Waals surface area contributed by atoms with Crippen molar-refractivity contribution in [1.29, 1.82) is 0 Å². The van der Waals surface area contributed by atoms with Crippen molar-refractivity contribution in [2.75, 3.05) is 0 Å². The minimum absolute atomic E-state index is 0.0198. The third-order valence-electron chi connectivity index (χ3n) is 4.20. The number of aryl methyl sites for hydroxylation is 1. The van der Waals surface area contributed by atoms with Crippen molar-refractivity contribution < 1.29 is 14.6 Å². The fourth-order valence-corrected chi connectivity index (χ4v) is 2.67. The number of rotatable bonds is 11. The van der Waals surface area contributed by atoms with Gasteiger partial charge < -0.3 is 9.84 Å². The summed E-state index contributed by atoms with van der Waals surface area (Å²) in [7, 11) is 0. The van der Waals surface area contributed by atoms with Crippen LogP contribution in [-0.2, 0) is 13.0 Å². The first-order valence-corrected chi connectivity index (χ1v) is 9.09. The second-order valence-corrected chi connectivity index (χ2v) is 6.31. The summed E-state index contributed by atoms with van der Waals surface area (Å²) in [4.78, 5) is 14.6. The molecule has 2 aromatic rings. The number of carboxylic acids is 1. The van der Waals surface area contributed by atoms with Crippen LogP contribution in [0, 0.1) is 0 Å². The number of nitrogens with zero attached hydrogens (tertiary/aromatic N) is 1. The van der Waals surface area contributed by atoms with Gasteiger partial charge in [-0.15, -0.1) is 0 Å². The highest BCUT2D eigenvalue weighted by atomic mass is 16.5. The average molecular weight is 341 g/mol. The van der Waals surface area contributed by atoms with Gasteiger partial charge >= 0.3 is 5.97 Å². The Hall–Kier alpha value is -2.36. The molecular formula is C21H27NO3. The van der Waals surface area contributed by atoms with Crippen LogP contribution in [0.3, 0.4) is 0 Å². The zero-order chi connectivity index (χ0) is 17.9. The minimum Gasteiger partial charge on any atom is -0.487 e. The molecule has 0 spiro atoms. The lowest BCUT2D eigenvalue weighted by Crippen LogP contribution is -2.01. The Morgan fingerprint density at radius 1 is 0.960 bits per heavy atom. The van der Waals surface area contributed by atoms with Crippen LogP contribution < -0.4 is 4.74 Å². The van der Waals surface area contributed by atoms with Gasteiger partial charge in [0.2, 0.25) is 0 Å². The monoisotopic (exact) mass is 341 g/mol. The van der Waals surface area contributed by atoms with Gasteiger partial charge in [0.1, 0.15) is 18.1 Å². The van der Waals surface area contributed by atoms with Gasteiger partial charge in [0.25, 0.3) is 0 Å². The van der Waals surface area contributed by atoms with Gasteiger partial charge in [0.05, 0.1) is 6.20 Å². The largest absolute Gasteiger partial charge is 0.487 e. The van der Waals surface area contributed by atoms with Gasteiger partial charge in [-0.05, 0) is 36.1 Å². The van der Waals surface area contributed by atoms with Crippen LogP contribution in [0.5, 0.6) is 5.75 Å². The zero-order valence-corrected chi connectivity index (χ0v) is 14.9. The average Bonchev–Trinajstić information content (AvgIpc) is 2.64. The number of aromatic nitrogens is 1. The SMILES string of the molecule is CCCCCCCCc1ccc(COc2ccc(C(=O)O)nc2)cc1. The number of carboxylic acid groups (broad SMARTS) is 1. The fraction of sp³-hybridized carbons (Fsp3) is 0.429. The van der Waals surface area contributed by atoms with Crippen molar-refractivity contribution in [2.45, 2.75) is 58.5 Å². The molecule has 0 unspecified atom stereocenters. The smallest absolute Gasteiger partial charge is 0.354 e. The molecule has 1 aromatic heterocycles. The summed E-state index contributed by atoms with van der Waals surface area (Å²) in [6.07, 6.45) is 10.5. The second kappa shape index (κ2) is 10.5. The number of carbonyl (C=O) groups is 1. The normalized spacial score (nSPS) is 10.6. The first-order valence-electron chi connectivity index (χ1n) is 9.09. The highest BCUT2D eigenvalue weighted by molar-refractivity contribution is 5.85. The summed E-state index contributed by atoms with van der Waals surface area (Å²) in [5.74, 6) is -0.464. The number of benzene rings is 1. The van der Waals surface area contributed by atoms with E-state index in [9.17, 15) is 4.79 Å². The number of hydrogen-bond donors (Lipinski definition) is 1. The minimum atomic E-state index is -1.03. The molecule has 0 atom stereocenters. The summed E-state index contributed by atoms with van der Waals surface area (Å²) >= 11 is 0. The standard InChI is InChI=1S/C21H27NO3/c1-2-3-4-5-6-7-8-17-9-11-18(12-10-17)16-25-19-13-14-20(21(23)24)22-15-19/h9-15H,2-8,16H2,1H3,(H,23,24).